The van der Waals surface area contributed by atoms with Crippen LogP contribution in [0.15, 0.2) is 66.2 Å². The smallest absolute Gasteiger partial charge is 0.300 e. The number of halogens is 2. The van der Waals surface area contributed by atoms with Crippen LogP contribution in [-0.4, -0.2) is 29.0 Å². The van der Waals surface area contributed by atoms with E-state index in [-0.39, 0.29) is 27.5 Å². The molecule has 3 aromatic rings. The van der Waals surface area contributed by atoms with Crippen molar-refractivity contribution in [3.8, 4) is 11.5 Å². The maximum absolute atomic E-state index is 13.4. The van der Waals surface area contributed by atoms with E-state index < -0.39 is 17.7 Å². The topological polar surface area (TPSA) is 87.1 Å². The molecule has 36 heavy (non-hydrogen) atoms. The molecular weight excluding hydrogens is 501 g/mol. The van der Waals surface area contributed by atoms with Crippen LogP contribution in [0.4, 0.5) is 5.69 Å². The number of amides is 1. The lowest BCUT2D eigenvalue weighted by molar-refractivity contribution is -0.132. The molecule has 1 fully saturated rings. The van der Waals surface area contributed by atoms with Crippen LogP contribution < -0.4 is 9.64 Å². The lowest BCUT2D eigenvalue weighted by Gasteiger charge is -2.26. The molecule has 1 unspecified atom stereocenters. The van der Waals surface area contributed by atoms with Crippen LogP contribution in [0.2, 0.25) is 10.0 Å². The van der Waals surface area contributed by atoms with Crippen LogP contribution in [0.3, 0.4) is 0 Å². The van der Waals surface area contributed by atoms with Crippen molar-refractivity contribution in [1.29, 1.82) is 0 Å². The van der Waals surface area contributed by atoms with E-state index in [1.165, 1.54) is 17.0 Å². The third kappa shape index (κ3) is 4.54. The Hall–Kier alpha value is -3.48. The van der Waals surface area contributed by atoms with E-state index in [0.717, 1.165) is 5.56 Å². The van der Waals surface area contributed by atoms with E-state index in [2.05, 4.69) is 0 Å². The fraction of sp³-hybridized carbons (Fsp3) is 0.214. The van der Waals surface area contributed by atoms with Crippen LogP contribution in [0.5, 0.6) is 11.5 Å². The van der Waals surface area contributed by atoms with Gasteiger partial charge < -0.3 is 14.9 Å². The van der Waals surface area contributed by atoms with Crippen molar-refractivity contribution >= 4 is 46.3 Å². The van der Waals surface area contributed by atoms with Crippen LogP contribution in [0.25, 0.3) is 5.76 Å². The predicted octanol–water partition coefficient (Wildman–Crippen LogP) is 6.63. The number of Topliss-reactive ketones (excluding diaryl/α,β-unsaturated/α-hetero) is 1. The van der Waals surface area contributed by atoms with Crippen molar-refractivity contribution in [3.05, 3.63) is 93.0 Å². The minimum atomic E-state index is -1.01. The summed E-state index contributed by atoms with van der Waals surface area (Å²) in [6.45, 7) is 6.02. The number of carbonyl (C=O) groups is 2. The molecule has 1 aliphatic rings. The SMILES string of the molecule is COc1ccc(/C(O)=C2/C(=O)C(=O)N(c3cccc(Cl)c3)C2c2ccc(O)c(Cl)c2)cc1C(C)(C)C. The molecule has 1 aliphatic heterocycles. The van der Waals surface area contributed by atoms with Crippen molar-refractivity contribution < 1.29 is 24.5 Å². The second-order valence-electron chi connectivity index (χ2n) is 9.52. The number of ketones is 1. The van der Waals surface area contributed by atoms with Crippen molar-refractivity contribution in [2.45, 2.75) is 32.2 Å². The molecule has 3 aromatic carbocycles. The summed E-state index contributed by atoms with van der Waals surface area (Å²) in [6, 6.07) is 15.0. The number of aliphatic hydroxyl groups excluding tert-OH is 1. The van der Waals surface area contributed by atoms with Crippen molar-refractivity contribution in [3.63, 3.8) is 0 Å². The number of carbonyl (C=O) groups excluding carboxylic acids is 2. The van der Waals surface area contributed by atoms with E-state index >= 15 is 0 Å². The molecule has 1 heterocycles. The first-order valence-corrected chi connectivity index (χ1v) is 11.9. The number of phenolic OH excluding ortho intramolecular Hbond substituents is 1. The predicted molar refractivity (Wildman–Crippen MR) is 141 cm³/mol. The Kier molecular flexibility index (Phi) is 6.78. The van der Waals surface area contributed by atoms with Gasteiger partial charge in [-0.05, 0) is 59.5 Å². The number of ether oxygens (including phenoxy) is 1. The third-order valence-electron chi connectivity index (χ3n) is 6.10. The highest BCUT2D eigenvalue weighted by Crippen LogP contribution is 2.44. The molecule has 4 rings (SSSR count). The maximum Gasteiger partial charge on any atom is 0.300 e. The van der Waals surface area contributed by atoms with Gasteiger partial charge in [0.05, 0.1) is 23.7 Å². The molecule has 0 radical (unpaired) electrons. The number of aromatic hydroxyl groups is 1. The number of hydrogen-bond acceptors (Lipinski definition) is 5. The van der Waals surface area contributed by atoms with E-state index in [4.69, 9.17) is 27.9 Å². The zero-order valence-electron chi connectivity index (χ0n) is 20.2. The van der Waals surface area contributed by atoms with Crippen molar-refractivity contribution in [2.75, 3.05) is 12.0 Å². The van der Waals surface area contributed by atoms with Gasteiger partial charge >= 0.3 is 0 Å². The average molecular weight is 526 g/mol. The fourth-order valence-corrected chi connectivity index (χ4v) is 4.70. The maximum atomic E-state index is 13.4. The minimum Gasteiger partial charge on any atom is -0.507 e. The van der Waals surface area contributed by atoms with E-state index in [0.29, 0.717) is 27.6 Å². The molecule has 1 atom stereocenters. The Bertz CT molecular complexity index is 1410. The number of aliphatic hydroxyl groups is 1. The van der Waals surface area contributed by atoms with Crippen LogP contribution in [0, 0.1) is 0 Å². The summed E-state index contributed by atoms with van der Waals surface area (Å²) >= 11 is 12.4. The number of benzene rings is 3. The summed E-state index contributed by atoms with van der Waals surface area (Å²) in [4.78, 5) is 28.0. The Balaban J connectivity index is 1.98. The first-order chi connectivity index (χ1) is 16.9. The number of rotatable bonds is 4. The van der Waals surface area contributed by atoms with Gasteiger partial charge in [0, 0.05) is 21.8 Å². The van der Waals surface area contributed by atoms with Crippen LogP contribution >= 0.6 is 23.2 Å². The lowest BCUT2D eigenvalue weighted by atomic mass is 9.84. The number of phenols is 1. The molecule has 186 valence electrons. The molecule has 0 bridgehead atoms. The first-order valence-electron chi connectivity index (χ1n) is 11.2. The summed E-state index contributed by atoms with van der Waals surface area (Å²) in [6.07, 6.45) is 0. The molecular formula is C28H25Cl2NO5. The Labute approximate surface area is 219 Å². The van der Waals surface area contributed by atoms with Crippen LogP contribution in [-0.2, 0) is 15.0 Å². The van der Waals surface area contributed by atoms with Gasteiger partial charge in [0.25, 0.3) is 11.7 Å². The highest BCUT2D eigenvalue weighted by Gasteiger charge is 2.47. The lowest BCUT2D eigenvalue weighted by Crippen LogP contribution is -2.29. The third-order valence-corrected chi connectivity index (χ3v) is 6.64. The highest BCUT2D eigenvalue weighted by atomic mass is 35.5. The summed E-state index contributed by atoms with van der Waals surface area (Å²) in [7, 11) is 1.56. The molecule has 0 aliphatic carbocycles. The van der Waals surface area contributed by atoms with Crippen molar-refractivity contribution in [2.24, 2.45) is 0 Å². The zero-order chi connectivity index (χ0) is 26.4. The Morgan fingerprint density at radius 3 is 2.33 bits per heavy atom. The molecule has 2 N–H and O–H groups in total. The summed E-state index contributed by atoms with van der Waals surface area (Å²) in [5.74, 6) is -1.52. The molecule has 0 aromatic heterocycles. The monoisotopic (exact) mass is 525 g/mol. The number of hydrogen-bond donors (Lipinski definition) is 2. The quantitative estimate of drug-likeness (QED) is 0.226. The molecule has 1 saturated heterocycles. The first kappa shape index (κ1) is 25.6. The van der Waals surface area contributed by atoms with Crippen LogP contribution in [0.1, 0.15) is 43.5 Å². The van der Waals surface area contributed by atoms with Gasteiger partial charge in [-0.3, -0.25) is 14.5 Å². The average Bonchev–Trinajstić information content (AvgIpc) is 3.09. The summed E-state index contributed by atoms with van der Waals surface area (Å²) in [5.41, 5.74) is 1.57. The molecule has 0 saturated carbocycles. The van der Waals surface area contributed by atoms with Gasteiger partial charge in [0.1, 0.15) is 17.3 Å². The summed E-state index contributed by atoms with van der Waals surface area (Å²) < 4.78 is 5.49. The zero-order valence-corrected chi connectivity index (χ0v) is 21.7. The molecule has 6 nitrogen and oxygen atoms in total. The summed E-state index contributed by atoms with van der Waals surface area (Å²) in [5, 5.41) is 21.8. The number of methoxy groups -OCH3 is 1. The highest BCUT2D eigenvalue weighted by molar-refractivity contribution is 6.52. The van der Waals surface area contributed by atoms with Gasteiger partial charge in [-0.15, -0.1) is 0 Å². The van der Waals surface area contributed by atoms with E-state index in [1.807, 2.05) is 20.8 Å². The second-order valence-corrected chi connectivity index (χ2v) is 10.4. The molecule has 0 spiro atoms. The number of anilines is 1. The number of nitrogens with zero attached hydrogens (tertiary/aromatic N) is 1. The fourth-order valence-electron chi connectivity index (χ4n) is 4.33. The minimum absolute atomic E-state index is 0.0450. The standard InChI is InChI=1S/C28H25Cl2NO5/c1-28(2,3)19-12-16(9-11-22(19)36-4)25(33)23-24(15-8-10-21(32)20(30)13-15)31(27(35)26(23)34)18-7-5-6-17(29)14-18/h5-14,24,32-33H,1-4H3/b25-23-. The largest absolute Gasteiger partial charge is 0.507 e. The van der Waals surface area contributed by atoms with E-state index in [9.17, 15) is 19.8 Å². The van der Waals surface area contributed by atoms with Gasteiger partial charge in [-0.25, -0.2) is 0 Å². The van der Waals surface area contributed by atoms with Gasteiger partial charge in [0.15, 0.2) is 0 Å². The molecule has 1 amide bonds. The van der Waals surface area contributed by atoms with E-state index in [1.54, 1.807) is 55.6 Å². The van der Waals surface area contributed by atoms with Gasteiger partial charge in [0.2, 0.25) is 0 Å². The molecule has 8 heteroatoms. The van der Waals surface area contributed by atoms with Gasteiger partial charge in [-0.2, -0.15) is 0 Å². The van der Waals surface area contributed by atoms with Gasteiger partial charge in [-0.1, -0.05) is 56.1 Å². The van der Waals surface area contributed by atoms with Crippen molar-refractivity contribution in [1.82, 2.24) is 0 Å². The second kappa shape index (κ2) is 9.52. The Morgan fingerprint density at radius 2 is 1.72 bits per heavy atom. The Morgan fingerprint density at radius 1 is 1.00 bits per heavy atom. The normalized spacial score (nSPS) is 17.5.